The minimum absolute atomic E-state index is 0.0509. The average Bonchev–Trinajstić information content (AvgIpc) is 2.62. The zero-order valence-electron chi connectivity index (χ0n) is 15.7. The van der Waals surface area contributed by atoms with Crippen LogP contribution >= 0.6 is 0 Å². The van der Waals surface area contributed by atoms with Crippen LogP contribution in [0.25, 0.3) is 0 Å². The van der Waals surface area contributed by atoms with Crippen molar-refractivity contribution < 1.29 is 4.43 Å². The van der Waals surface area contributed by atoms with Gasteiger partial charge in [0.05, 0.1) is 0 Å². The van der Waals surface area contributed by atoms with Crippen molar-refractivity contribution in [3.05, 3.63) is 60.7 Å². The van der Waals surface area contributed by atoms with Gasteiger partial charge in [-0.15, -0.1) is 0 Å². The van der Waals surface area contributed by atoms with E-state index in [4.69, 9.17) is 10.2 Å². The molecule has 0 bridgehead atoms. The van der Waals surface area contributed by atoms with Gasteiger partial charge < -0.3 is 10.2 Å². The monoisotopic (exact) mass is 353 g/mol. The Morgan fingerprint density at radius 3 is 1.64 bits per heavy atom. The van der Waals surface area contributed by atoms with Crippen molar-refractivity contribution in [3.63, 3.8) is 0 Å². The van der Waals surface area contributed by atoms with Crippen LogP contribution in [0.15, 0.2) is 60.7 Å². The summed E-state index contributed by atoms with van der Waals surface area (Å²) in [6.45, 7) is 7.02. The fourth-order valence-corrected chi connectivity index (χ4v) is 8.90. The zero-order chi connectivity index (χ0) is 17.9. The highest BCUT2D eigenvalue weighted by Crippen LogP contribution is 2.39. The number of benzene rings is 2. The molecule has 0 atom stereocenters. The summed E-state index contributed by atoms with van der Waals surface area (Å²) in [7, 11) is -2.40. The van der Waals surface area contributed by atoms with E-state index in [1.54, 1.807) is 0 Å². The van der Waals surface area contributed by atoms with Crippen molar-refractivity contribution in [1.82, 2.24) is 0 Å². The second-order valence-corrected chi connectivity index (χ2v) is 12.6. The van der Waals surface area contributed by atoms with Crippen molar-refractivity contribution in [1.29, 1.82) is 0 Å². The normalized spacial score (nSPS) is 21.9. The highest BCUT2D eigenvalue weighted by atomic mass is 28.4. The fourth-order valence-electron chi connectivity index (χ4n) is 4.15. The molecule has 0 amide bonds. The van der Waals surface area contributed by atoms with Gasteiger partial charge in [-0.2, -0.15) is 0 Å². The van der Waals surface area contributed by atoms with E-state index in [9.17, 15) is 0 Å². The van der Waals surface area contributed by atoms with E-state index in [1.807, 2.05) is 0 Å². The Balaban J connectivity index is 2.09. The Bertz CT molecular complexity index is 618. The summed E-state index contributed by atoms with van der Waals surface area (Å²) in [6.07, 6.45) is 4.61. The molecule has 0 unspecified atom stereocenters. The summed E-state index contributed by atoms with van der Waals surface area (Å²) in [6, 6.07) is 22.2. The lowest BCUT2D eigenvalue weighted by Gasteiger charge is -2.46. The van der Waals surface area contributed by atoms with Crippen LogP contribution in [0.1, 0.15) is 46.5 Å². The molecule has 0 aliphatic heterocycles. The highest BCUT2D eigenvalue weighted by molar-refractivity contribution is 6.99. The highest BCUT2D eigenvalue weighted by Gasteiger charge is 2.51. The smallest absolute Gasteiger partial charge is 0.261 e. The van der Waals surface area contributed by atoms with E-state index in [0.717, 1.165) is 25.7 Å². The van der Waals surface area contributed by atoms with E-state index >= 15 is 0 Å². The molecule has 1 saturated carbocycles. The quantitative estimate of drug-likeness (QED) is 0.848. The first-order valence-corrected chi connectivity index (χ1v) is 11.4. The number of rotatable bonds is 4. The van der Waals surface area contributed by atoms with Gasteiger partial charge in [0, 0.05) is 12.1 Å². The van der Waals surface area contributed by atoms with Crippen LogP contribution in [0, 0.1) is 0 Å². The third-order valence-corrected chi connectivity index (χ3v) is 10.6. The van der Waals surface area contributed by atoms with Gasteiger partial charge in [0.2, 0.25) is 0 Å². The van der Waals surface area contributed by atoms with Gasteiger partial charge in [-0.25, -0.2) is 0 Å². The molecule has 2 N–H and O–H groups in total. The van der Waals surface area contributed by atoms with E-state index in [2.05, 4.69) is 81.4 Å². The maximum atomic E-state index is 7.15. The zero-order valence-corrected chi connectivity index (χ0v) is 16.7. The summed E-state index contributed by atoms with van der Waals surface area (Å²) in [5.41, 5.74) is 6.12. The summed E-state index contributed by atoms with van der Waals surface area (Å²) >= 11 is 0. The van der Waals surface area contributed by atoms with Gasteiger partial charge >= 0.3 is 0 Å². The van der Waals surface area contributed by atoms with E-state index in [0.29, 0.717) is 12.1 Å². The third kappa shape index (κ3) is 3.74. The van der Waals surface area contributed by atoms with Gasteiger partial charge in [-0.1, -0.05) is 81.4 Å². The molecule has 134 valence electrons. The summed E-state index contributed by atoms with van der Waals surface area (Å²) in [4.78, 5) is 0. The molecular formula is C22H31NOSi. The molecule has 25 heavy (non-hydrogen) atoms. The van der Waals surface area contributed by atoms with Gasteiger partial charge in [-0.3, -0.25) is 0 Å². The van der Waals surface area contributed by atoms with Crippen molar-refractivity contribution >= 4 is 18.7 Å². The maximum Gasteiger partial charge on any atom is 0.261 e. The lowest BCUT2D eigenvalue weighted by molar-refractivity contribution is 0.136. The van der Waals surface area contributed by atoms with Crippen LogP contribution in [-0.2, 0) is 4.43 Å². The van der Waals surface area contributed by atoms with Gasteiger partial charge in [-0.05, 0) is 41.1 Å². The molecule has 1 aliphatic carbocycles. The second kappa shape index (κ2) is 7.44. The van der Waals surface area contributed by atoms with Crippen LogP contribution in [0.5, 0.6) is 0 Å². The Morgan fingerprint density at radius 2 is 1.24 bits per heavy atom. The number of nitrogens with two attached hydrogens (primary N) is 1. The molecule has 0 aromatic heterocycles. The van der Waals surface area contributed by atoms with E-state index < -0.39 is 8.32 Å². The Hall–Kier alpha value is -1.42. The Morgan fingerprint density at radius 1 is 0.800 bits per heavy atom. The predicted molar refractivity (Wildman–Crippen MR) is 109 cm³/mol. The van der Waals surface area contributed by atoms with Crippen LogP contribution < -0.4 is 16.1 Å². The first kappa shape index (κ1) is 18.4. The topological polar surface area (TPSA) is 35.2 Å². The first-order chi connectivity index (χ1) is 11.9. The first-order valence-electron chi connectivity index (χ1n) is 9.48. The molecule has 0 saturated heterocycles. The van der Waals surface area contributed by atoms with Crippen LogP contribution in [-0.4, -0.2) is 20.5 Å². The molecule has 1 fully saturated rings. The van der Waals surface area contributed by atoms with Crippen molar-refractivity contribution in [2.75, 3.05) is 0 Å². The molecule has 3 rings (SSSR count). The molecule has 2 aromatic carbocycles. The van der Waals surface area contributed by atoms with E-state index in [-0.39, 0.29) is 5.04 Å². The molecule has 2 aromatic rings. The van der Waals surface area contributed by atoms with Crippen LogP contribution in [0.3, 0.4) is 0 Å². The minimum Gasteiger partial charge on any atom is -0.404 e. The van der Waals surface area contributed by atoms with Crippen molar-refractivity contribution in [2.24, 2.45) is 5.73 Å². The molecule has 2 nitrogen and oxygen atoms in total. The maximum absolute atomic E-state index is 7.15. The molecule has 0 spiro atoms. The number of hydrogen-bond donors (Lipinski definition) is 1. The van der Waals surface area contributed by atoms with Crippen molar-refractivity contribution in [3.8, 4) is 0 Å². The Kier molecular flexibility index (Phi) is 5.47. The molecular weight excluding hydrogens is 322 g/mol. The molecule has 1 aliphatic rings. The SMILES string of the molecule is CC(C)(C)[Si](O[C@H]1CC[C@H](N)CC1)(c1ccccc1)c1ccccc1. The minimum atomic E-state index is -2.40. The average molecular weight is 354 g/mol. The van der Waals surface area contributed by atoms with Crippen LogP contribution in [0.2, 0.25) is 5.04 Å². The Labute approximate surface area is 153 Å². The molecule has 0 radical (unpaired) electrons. The lowest BCUT2D eigenvalue weighted by atomic mass is 9.94. The summed E-state index contributed by atoms with van der Waals surface area (Å²) < 4.78 is 7.15. The molecule has 0 heterocycles. The van der Waals surface area contributed by atoms with Gasteiger partial charge in [0.15, 0.2) is 0 Å². The predicted octanol–water partition coefficient (Wildman–Crippen LogP) is 3.83. The van der Waals surface area contributed by atoms with Gasteiger partial charge in [0.1, 0.15) is 0 Å². The summed E-state index contributed by atoms with van der Waals surface area (Å²) in [5.74, 6) is 0. The summed E-state index contributed by atoms with van der Waals surface area (Å²) in [5, 5.41) is 2.78. The number of hydrogen-bond acceptors (Lipinski definition) is 2. The van der Waals surface area contributed by atoms with E-state index in [1.165, 1.54) is 10.4 Å². The van der Waals surface area contributed by atoms with Crippen molar-refractivity contribution in [2.45, 2.75) is 63.6 Å². The lowest BCUT2D eigenvalue weighted by Crippen LogP contribution is -2.67. The fraction of sp³-hybridized carbons (Fsp3) is 0.455. The van der Waals surface area contributed by atoms with Crippen LogP contribution in [0.4, 0.5) is 0 Å². The van der Waals surface area contributed by atoms with Gasteiger partial charge in [0.25, 0.3) is 8.32 Å². The second-order valence-electron chi connectivity index (χ2n) is 8.32. The third-order valence-electron chi connectivity index (χ3n) is 5.48. The largest absolute Gasteiger partial charge is 0.404 e. The molecule has 3 heteroatoms. The standard InChI is InChI=1S/C22H31NOSi/c1-22(2,3)25(20-10-6-4-7-11-20,21-12-8-5-9-13-21)24-19-16-14-18(23)15-17-19/h4-13,18-19H,14-17,23H2,1-3H3/t18-,19-.